The number of carbonyl (C=O) groups excluding carboxylic acids is 1. The van der Waals surface area contributed by atoms with Crippen LogP contribution in [0.5, 0.6) is 0 Å². The second kappa shape index (κ2) is 7.65. The molecule has 2 unspecified atom stereocenters. The van der Waals surface area contributed by atoms with Crippen LogP contribution >= 0.6 is 0 Å². The van der Waals surface area contributed by atoms with Crippen molar-refractivity contribution in [2.45, 2.75) is 39.3 Å². The number of hydrogen-bond acceptors (Lipinski definition) is 4. The van der Waals surface area contributed by atoms with Crippen molar-refractivity contribution in [2.24, 2.45) is 0 Å². The summed E-state index contributed by atoms with van der Waals surface area (Å²) in [5.74, 6) is -0.130. The van der Waals surface area contributed by atoms with Gasteiger partial charge in [0.2, 0.25) is 0 Å². The molecule has 0 saturated carbocycles. The second-order valence-corrected chi connectivity index (χ2v) is 4.24. The molecule has 0 aliphatic rings. The Hall–Kier alpha value is -0.610. The van der Waals surface area contributed by atoms with Gasteiger partial charge in [-0.2, -0.15) is 0 Å². The number of nitrogens with zero attached hydrogens (tertiary/aromatic N) is 1. The van der Waals surface area contributed by atoms with Gasteiger partial charge in [0.15, 0.2) is 0 Å². The normalized spacial score (nSPS) is 15.1. The predicted molar refractivity (Wildman–Crippen MR) is 61.9 cm³/mol. The lowest BCUT2D eigenvalue weighted by molar-refractivity contribution is -0.143. The number of nitrogens with one attached hydrogen (secondary N) is 1. The molecule has 0 saturated heterocycles. The molecule has 0 aliphatic heterocycles. The number of rotatable bonds is 7. The molecule has 4 heteroatoms. The zero-order valence-corrected chi connectivity index (χ0v) is 10.5. The van der Waals surface area contributed by atoms with Crippen LogP contribution in [0.25, 0.3) is 0 Å². The Morgan fingerprint density at radius 2 is 1.93 bits per heavy atom. The SMILES string of the molecule is CCOC(=O)CC(C)NC(C)CN(C)C. The lowest BCUT2D eigenvalue weighted by atomic mass is 10.2. The molecule has 1 N–H and O–H groups in total. The first-order valence-corrected chi connectivity index (χ1v) is 5.52. The second-order valence-electron chi connectivity index (χ2n) is 4.24. The third-order valence-corrected chi connectivity index (χ3v) is 1.99. The van der Waals surface area contributed by atoms with Crippen LogP contribution in [0.2, 0.25) is 0 Å². The van der Waals surface area contributed by atoms with E-state index in [-0.39, 0.29) is 12.0 Å². The van der Waals surface area contributed by atoms with Crippen molar-refractivity contribution in [3.05, 3.63) is 0 Å². The molecule has 0 bridgehead atoms. The average Bonchev–Trinajstić information content (AvgIpc) is 2.00. The van der Waals surface area contributed by atoms with Crippen LogP contribution in [0.3, 0.4) is 0 Å². The Labute approximate surface area is 93.0 Å². The van der Waals surface area contributed by atoms with E-state index in [1.807, 2.05) is 27.9 Å². The van der Waals surface area contributed by atoms with Gasteiger partial charge in [0, 0.05) is 18.6 Å². The summed E-state index contributed by atoms with van der Waals surface area (Å²) in [6, 6.07) is 0.545. The lowest BCUT2D eigenvalue weighted by Crippen LogP contribution is -2.41. The molecule has 90 valence electrons. The first-order chi connectivity index (χ1) is 6.95. The molecular formula is C11H24N2O2. The van der Waals surface area contributed by atoms with E-state index in [1.54, 1.807) is 0 Å². The van der Waals surface area contributed by atoms with E-state index in [9.17, 15) is 4.79 Å². The zero-order chi connectivity index (χ0) is 11.8. The van der Waals surface area contributed by atoms with Crippen molar-refractivity contribution in [1.82, 2.24) is 10.2 Å². The highest BCUT2D eigenvalue weighted by atomic mass is 16.5. The Kier molecular flexibility index (Phi) is 7.34. The van der Waals surface area contributed by atoms with E-state index >= 15 is 0 Å². The van der Waals surface area contributed by atoms with Crippen LogP contribution in [0.1, 0.15) is 27.2 Å². The van der Waals surface area contributed by atoms with Crippen LogP contribution in [0, 0.1) is 0 Å². The van der Waals surface area contributed by atoms with Gasteiger partial charge in [-0.25, -0.2) is 0 Å². The third kappa shape index (κ3) is 8.39. The smallest absolute Gasteiger partial charge is 0.307 e. The van der Waals surface area contributed by atoms with Crippen molar-refractivity contribution >= 4 is 5.97 Å². The Balaban J connectivity index is 3.72. The fourth-order valence-corrected chi connectivity index (χ4v) is 1.61. The number of likely N-dealkylation sites (N-methyl/N-ethyl adjacent to an activating group) is 1. The molecule has 4 nitrogen and oxygen atoms in total. The molecule has 0 spiro atoms. The molecule has 0 aromatic heterocycles. The molecule has 0 aromatic rings. The van der Waals surface area contributed by atoms with Crippen molar-refractivity contribution in [1.29, 1.82) is 0 Å². The maximum absolute atomic E-state index is 11.2. The Bertz CT molecular complexity index is 183. The van der Waals surface area contributed by atoms with Gasteiger partial charge in [-0.1, -0.05) is 0 Å². The number of hydrogen-bond donors (Lipinski definition) is 1. The summed E-state index contributed by atoms with van der Waals surface area (Å²) in [4.78, 5) is 13.3. The van der Waals surface area contributed by atoms with Gasteiger partial charge < -0.3 is 15.0 Å². The van der Waals surface area contributed by atoms with Gasteiger partial charge in [-0.05, 0) is 34.9 Å². The molecule has 0 heterocycles. The van der Waals surface area contributed by atoms with Crippen LogP contribution in [-0.4, -0.2) is 50.2 Å². The van der Waals surface area contributed by atoms with Gasteiger partial charge >= 0.3 is 5.97 Å². The summed E-state index contributed by atoms with van der Waals surface area (Å²) in [6.07, 6.45) is 0.436. The topological polar surface area (TPSA) is 41.6 Å². The Morgan fingerprint density at radius 3 is 2.40 bits per heavy atom. The zero-order valence-electron chi connectivity index (χ0n) is 10.5. The minimum Gasteiger partial charge on any atom is -0.466 e. The molecule has 0 aromatic carbocycles. The summed E-state index contributed by atoms with van der Waals surface area (Å²) < 4.78 is 4.89. The summed E-state index contributed by atoms with van der Waals surface area (Å²) in [5, 5.41) is 3.36. The standard InChI is InChI=1S/C11H24N2O2/c1-6-15-11(14)7-9(2)12-10(3)8-13(4)5/h9-10,12H,6-8H2,1-5H3. The van der Waals surface area contributed by atoms with E-state index in [4.69, 9.17) is 4.74 Å². The highest BCUT2D eigenvalue weighted by molar-refractivity contribution is 5.69. The summed E-state index contributed by atoms with van der Waals surface area (Å²) >= 11 is 0. The molecular weight excluding hydrogens is 192 g/mol. The highest BCUT2D eigenvalue weighted by Gasteiger charge is 2.12. The quantitative estimate of drug-likeness (QED) is 0.641. The largest absolute Gasteiger partial charge is 0.466 e. The van der Waals surface area contributed by atoms with Crippen LogP contribution < -0.4 is 5.32 Å². The van der Waals surface area contributed by atoms with E-state index in [2.05, 4.69) is 17.1 Å². The van der Waals surface area contributed by atoms with Gasteiger partial charge in [0.05, 0.1) is 13.0 Å². The minimum atomic E-state index is -0.130. The third-order valence-electron chi connectivity index (χ3n) is 1.99. The van der Waals surface area contributed by atoms with Gasteiger partial charge in [-0.15, -0.1) is 0 Å². The maximum Gasteiger partial charge on any atom is 0.307 e. The summed E-state index contributed by atoms with van der Waals surface area (Å²) in [5.41, 5.74) is 0. The number of esters is 1. The first kappa shape index (κ1) is 14.4. The van der Waals surface area contributed by atoms with Gasteiger partial charge in [-0.3, -0.25) is 4.79 Å². The van der Waals surface area contributed by atoms with E-state index in [0.717, 1.165) is 6.54 Å². The number of ether oxygens (including phenoxy) is 1. The molecule has 0 radical (unpaired) electrons. The van der Waals surface area contributed by atoms with E-state index < -0.39 is 0 Å². The van der Waals surface area contributed by atoms with Crippen molar-refractivity contribution < 1.29 is 9.53 Å². The van der Waals surface area contributed by atoms with Crippen LogP contribution in [0.15, 0.2) is 0 Å². The Morgan fingerprint density at radius 1 is 1.33 bits per heavy atom. The number of carbonyl (C=O) groups is 1. The fraction of sp³-hybridized carbons (Fsp3) is 0.909. The summed E-state index contributed by atoms with van der Waals surface area (Å²) in [7, 11) is 4.07. The monoisotopic (exact) mass is 216 g/mol. The van der Waals surface area contributed by atoms with Gasteiger partial charge in [0.25, 0.3) is 0 Å². The first-order valence-electron chi connectivity index (χ1n) is 5.52. The van der Waals surface area contributed by atoms with Gasteiger partial charge in [0.1, 0.15) is 0 Å². The highest BCUT2D eigenvalue weighted by Crippen LogP contribution is 1.96. The molecule has 0 aliphatic carbocycles. The molecule has 2 atom stereocenters. The molecule has 0 fully saturated rings. The van der Waals surface area contributed by atoms with Crippen molar-refractivity contribution in [3.63, 3.8) is 0 Å². The van der Waals surface area contributed by atoms with Crippen LogP contribution in [-0.2, 0) is 9.53 Å². The molecule has 0 amide bonds. The average molecular weight is 216 g/mol. The lowest BCUT2D eigenvalue weighted by Gasteiger charge is -2.22. The summed E-state index contributed by atoms with van der Waals surface area (Å²) in [6.45, 7) is 7.36. The predicted octanol–water partition coefficient (Wildman–Crippen LogP) is 0.868. The maximum atomic E-state index is 11.2. The van der Waals surface area contributed by atoms with Crippen molar-refractivity contribution in [3.8, 4) is 0 Å². The fourth-order valence-electron chi connectivity index (χ4n) is 1.61. The molecule has 15 heavy (non-hydrogen) atoms. The van der Waals surface area contributed by atoms with Crippen molar-refractivity contribution in [2.75, 3.05) is 27.2 Å². The minimum absolute atomic E-state index is 0.130. The molecule has 0 rings (SSSR count). The van der Waals surface area contributed by atoms with Crippen LogP contribution in [0.4, 0.5) is 0 Å². The van der Waals surface area contributed by atoms with E-state index in [1.165, 1.54) is 0 Å². The van der Waals surface area contributed by atoms with E-state index in [0.29, 0.717) is 19.1 Å².